The molecule has 0 saturated heterocycles. The standard InChI is InChI=1S/C17H22ClN5O/c1-11-17(12(2)21-20-11)19-16(24)10-23-8-4-7-22(3)14-6-5-13(18)9-15(14)23/h5-6,9H,4,7-8,10H2,1-3H3,(H,19,24)(H,20,21). The van der Waals surface area contributed by atoms with Gasteiger partial charge < -0.3 is 15.1 Å². The minimum Gasteiger partial charge on any atom is -0.373 e. The summed E-state index contributed by atoms with van der Waals surface area (Å²) in [4.78, 5) is 16.8. The van der Waals surface area contributed by atoms with Crippen LogP contribution in [0, 0.1) is 13.8 Å². The number of carbonyl (C=O) groups excluding carboxylic acids is 1. The normalized spacial score (nSPS) is 14.3. The Morgan fingerprint density at radius 3 is 2.83 bits per heavy atom. The number of nitrogens with one attached hydrogen (secondary N) is 2. The van der Waals surface area contributed by atoms with Gasteiger partial charge in [-0.1, -0.05) is 11.6 Å². The quantitative estimate of drug-likeness (QED) is 0.896. The van der Waals surface area contributed by atoms with E-state index in [1.807, 2.05) is 32.0 Å². The van der Waals surface area contributed by atoms with Crippen molar-refractivity contribution in [3.05, 3.63) is 34.6 Å². The van der Waals surface area contributed by atoms with Crippen molar-refractivity contribution < 1.29 is 4.79 Å². The summed E-state index contributed by atoms with van der Waals surface area (Å²) in [6, 6.07) is 5.83. The van der Waals surface area contributed by atoms with E-state index in [2.05, 4.69) is 32.4 Å². The lowest BCUT2D eigenvalue weighted by molar-refractivity contribution is -0.115. The van der Waals surface area contributed by atoms with Gasteiger partial charge in [-0.25, -0.2) is 0 Å². The first-order valence-electron chi connectivity index (χ1n) is 8.03. The molecule has 0 spiro atoms. The monoisotopic (exact) mass is 347 g/mol. The van der Waals surface area contributed by atoms with Gasteiger partial charge in [-0.2, -0.15) is 5.10 Å². The Morgan fingerprint density at radius 1 is 1.33 bits per heavy atom. The van der Waals surface area contributed by atoms with Crippen molar-refractivity contribution in [2.45, 2.75) is 20.3 Å². The summed E-state index contributed by atoms with van der Waals surface area (Å²) in [5, 5.41) is 10.6. The zero-order valence-electron chi connectivity index (χ0n) is 14.2. The molecule has 6 nitrogen and oxygen atoms in total. The molecule has 24 heavy (non-hydrogen) atoms. The average molecular weight is 348 g/mol. The number of hydrogen-bond acceptors (Lipinski definition) is 4. The molecular formula is C17H22ClN5O. The van der Waals surface area contributed by atoms with E-state index in [4.69, 9.17) is 11.6 Å². The van der Waals surface area contributed by atoms with Gasteiger partial charge in [0.25, 0.3) is 0 Å². The summed E-state index contributed by atoms with van der Waals surface area (Å²) < 4.78 is 0. The first kappa shape index (κ1) is 16.6. The summed E-state index contributed by atoms with van der Waals surface area (Å²) in [7, 11) is 2.06. The fraction of sp³-hybridized carbons (Fsp3) is 0.412. The van der Waals surface area contributed by atoms with Gasteiger partial charge in [0.05, 0.1) is 35.0 Å². The van der Waals surface area contributed by atoms with Crippen LogP contribution >= 0.6 is 11.6 Å². The predicted octanol–water partition coefficient (Wildman–Crippen LogP) is 2.96. The van der Waals surface area contributed by atoms with Crippen molar-refractivity contribution in [1.82, 2.24) is 10.2 Å². The Balaban J connectivity index is 1.80. The van der Waals surface area contributed by atoms with Crippen molar-refractivity contribution >= 4 is 34.6 Å². The molecule has 1 aromatic carbocycles. The maximum atomic E-state index is 12.5. The Bertz CT molecular complexity index is 738. The van der Waals surface area contributed by atoms with E-state index in [0.717, 1.165) is 48.0 Å². The van der Waals surface area contributed by atoms with E-state index in [0.29, 0.717) is 5.02 Å². The molecule has 2 aromatic rings. The van der Waals surface area contributed by atoms with E-state index in [1.54, 1.807) is 0 Å². The second kappa shape index (κ2) is 6.73. The van der Waals surface area contributed by atoms with Crippen LogP contribution in [0.2, 0.25) is 5.02 Å². The smallest absolute Gasteiger partial charge is 0.243 e. The van der Waals surface area contributed by atoms with E-state index < -0.39 is 0 Å². The van der Waals surface area contributed by atoms with Crippen molar-refractivity contribution in [2.75, 3.05) is 41.8 Å². The second-order valence-electron chi connectivity index (χ2n) is 6.19. The Kier molecular flexibility index (Phi) is 4.66. The van der Waals surface area contributed by atoms with Crippen molar-refractivity contribution in [1.29, 1.82) is 0 Å². The van der Waals surface area contributed by atoms with Gasteiger partial charge in [-0.15, -0.1) is 0 Å². The fourth-order valence-electron chi connectivity index (χ4n) is 3.06. The zero-order chi connectivity index (χ0) is 17.3. The molecule has 0 bridgehead atoms. The van der Waals surface area contributed by atoms with Gasteiger partial charge in [0.2, 0.25) is 5.91 Å². The number of fused-ring (bicyclic) bond motifs is 1. The van der Waals surface area contributed by atoms with Gasteiger partial charge >= 0.3 is 0 Å². The Hall–Kier alpha value is -2.21. The molecule has 0 radical (unpaired) electrons. The van der Waals surface area contributed by atoms with Crippen LogP contribution in [0.5, 0.6) is 0 Å². The number of rotatable bonds is 3. The van der Waals surface area contributed by atoms with Crippen LogP contribution in [0.3, 0.4) is 0 Å². The highest BCUT2D eigenvalue weighted by Gasteiger charge is 2.21. The number of benzene rings is 1. The summed E-state index contributed by atoms with van der Waals surface area (Å²) in [6.07, 6.45) is 0.986. The Labute approximate surface area is 146 Å². The number of halogens is 1. The van der Waals surface area contributed by atoms with E-state index in [1.165, 1.54) is 0 Å². The molecule has 2 heterocycles. The maximum absolute atomic E-state index is 12.5. The molecule has 0 atom stereocenters. The molecule has 1 aliphatic rings. The van der Waals surface area contributed by atoms with Gasteiger partial charge in [0, 0.05) is 25.2 Å². The number of hydrogen-bond donors (Lipinski definition) is 2. The van der Waals surface area contributed by atoms with Crippen LogP contribution in [0.4, 0.5) is 17.1 Å². The molecule has 0 fully saturated rings. The van der Waals surface area contributed by atoms with E-state index >= 15 is 0 Å². The average Bonchev–Trinajstić information content (AvgIpc) is 2.76. The molecule has 3 rings (SSSR count). The van der Waals surface area contributed by atoms with Crippen LogP contribution < -0.4 is 15.1 Å². The number of H-pyrrole nitrogens is 1. The molecule has 0 saturated carbocycles. The molecule has 0 unspecified atom stereocenters. The summed E-state index contributed by atoms with van der Waals surface area (Å²) >= 11 is 6.18. The van der Waals surface area contributed by atoms with Crippen LogP contribution in [-0.4, -0.2) is 42.8 Å². The molecule has 2 N–H and O–H groups in total. The number of aromatic amines is 1. The van der Waals surface area contributed by atoms with E-state index in [9.17, 15) is 4.79 Å². The highest BCUT2D eigenvalue weighted by Crippen LogP contribution is 2.34. The summed E-state index contributed by atoms with van der Waals surface area (Å²) in [5.74, 6) is -0.0573. The Morgan fingerprint density at radius 2 is 2.12 bits per heavy atom. The van der Waals surface area contributed by atoms with Crippen LogP contribution in [-0.2, 0) is 4.79 Å². The number of nitrogens with zero attached hydrogens (tertiary/aromatic N) is 3. The number of aryl methyl sites for hydroxylation is 2. The largest absolute Gasteiger partial charge is 0.373 e. The maximum Gasteiger partial charge on any atom is 0.243 e. The van der Waals surface area contributed by atoms with E-state index in [-0.39, 0.29) is 12.5 Å². The number of aromatic nitrogens is 2. The van der Waals surface area contributed by atoms with Crippen LogP contribution in [0.15, 0.2) is 18.2 Å². The number of amides is 1. The minimum absolute atomic E-state index is 0.0573. The van der Waals surface area contributed by atoms with Gasteiger partial charge in [-0.3, -0.25) is 9.89 Å². The SMILES string of the molecule is Cc1n[nH]c(C)c1NC(=O)CN1CCCN(C)c2ccc(Cl)cc21. The molecule has 0 aliphatic carbocycles. The number of anilines is 3. The molecule has 1 aliphatic heterocycles. The highest BCUT2D eigenvalue weighted by molar-refractivity contribution is 6.31. The summed E-state index contributed by atoms with van der Waals surface area (Å²) in [6.45, 7) is 5.81. The van der Waals surface area contributed by atoms with Gasteiger partial charge in [0.15, 0.2) is 0 Å². The van der Waals surface area contributed by atoms with Crippen LogP contribution in [0.1, 0.15) is 17.8 Å². The second-order valence-corrected chi connectivity index (χ2v) is 6.62. The highest BCUT2D eigenvalue weighted by atomic mass is 35.5. The number of carbonyl (C=O) groups is 1. The molecular weight excluding hydrogens is 326 g/mol. The fourth-order valence-corrected chi connectivity index (χ4v) is 3.23. The first-order chi connectivity index (χ1) is 11.5. The molecule has 1 aromatic heterocycles. The topological polar surface area (TPSA) is 64.3 Å². The lowest BCUT2D eigenvalue weighted by Gasteiger charge is -2.25. The summed E-state index contributed by atoms with van der Waals surface area (Å²) in [5.41, 5.74) is 4.51. The minimum atomic E-state index is -0.0573. The van der Waals surface area contributed by atoms with Gasteiger partial charge in [-0.05, 0) is 38.5 Å². The lowest BCUT2D eigenvalue weighted by Crippen LogP contribution is -2.34. The van der Waals surface area contributed by atoms with Crippen LogP contribution in [0.25, 0.3) is 0 Å². The third-order valence-electron chi connectivity index (χ3n) is 4.34. The van der Waals surface area contributed by atoms with Crippen molar-refractivity contribution in [3.63, 3.8) is 0 Å². The molecule has 1 amide bonds. The van der Waals surface area contributed by atoms with Gasteiger partial charge in [0.1, 0.15) is 0 Å². The third kappa shape index (κ3) is 3.33. The predicted molar refractivity (Wildman–Crippen MR) is 98.2 cm³/mol. The zero-order valence-corrected chi connectivity index (χ0v) is 14.9. The van der Waals surface area contributed by atoms with Crippen molar-refractivity contribution in [3.8, 4) is 0 Å². The van der Waals surface area contributed by atoms with Crippen molar-refractivity contribution in [2.24, 2.45) is 0 Å². The third-order valence-corrected chi connectivity index (χ3v) is 4.57. The molecule has 128 valence electrons. The molecule has 7 heteroatoms. The lowest BCUT2D eigenvalue weighted by atomic mass is 10.2. The first-order valence-corrected chi connectivity index (χ1v) is 8.40.